The molecule has 0 atom stereocenters. The van der Waals surface area contributed by atoms with Crippen LogP contribution in [0.1, 0.15) is 32.9 Å². The number of benzene rings is 1. The zero-order chi connectivity index (χ0) is 22.2. The number of aromatic nitrogens is 6. The number of nitrogens with one attached hydrogen (secondary N) is 2. The van der Waals surface area contributed by atoms with E-state index in [2.05, 4.69) is 59.9 Å². The number of anilines is 2. The molecule has 0 radical (unpaired) electrons. The first-order valence-electron chi connectivity index (χ1n) is 11.0. The second kappa shape index (κ2) is 8.09. The third kappa shape index (κ3) is 3.61. The van der Waals surface area contributed by atoms with Crippen molar-refractivity contribution in [2.45, 2.75) is 31.8 Å². The summed E-state index contributed by atoms with van der Waals surface area (Å²) in [6.45, 7) is 1.32. The molecule has 164 valence electrons. The first-order valence-corrected chi connectivity index (χ1v) is 11.0. The summed E-state index contributed by atoms with van der Waals surface area (Å²) in [7, 11) is 0. The van der Waals surface area contributed by atoms with Crippen LogP contribution in [0.2, 0.25) is 0 Å². The lowest BCUT2D eigenvalue weighted by atomic mass is 10.0. The summed E-state index contributed by atoms with van der Waals surface area (Å²) < 4.78 is 0. The molecule has 0 unspecified atom stereocenters. The highest BCUT2D eigenvalue weighted by atomic mass is 16.1. The molecule has 1 aliphatic carbocycles. The quantitative estimate of drug-likeness (QED) is 0.457. The van der Waals surface area contributed by atoms with Crippen molar-refractivity contribution in [3.63, 3.8) is 0 Å². The van der Waals surface area contributed by atoms with Crippen LogP contribution in [-0.4, -0.2) is 49.2 Å². The van der Waals surface area contributed by atoms with Gasteiger partial charge in [0.1, 0.15) is 11.4 Å². The Morgan fingerprint density at radius 2 is 1.91 bits per heavy atom. The molecule has 1 aromatic carbocycles. The molecular formula is C24H22N8O. The molecule has 2 N–H and O–H groups in total. The molecular weight excluding hydrogens is 416 g/mol. The molecule has 9 nitrogen and oxygen atoms in total. The second-order valence-electron chi connectivity index (χ2n) is 8.42. The lowest BCUT2D eigenvalue weighted by Gasteiger charge is -2.32. The summed E-state index contributed by atoms with van der Waals surface area (Å²) in [5, 5.41) is 14.3. The number of hydrogen-bond donors (Lipinski definition) is 2. The Labute approximate surface area is 190 Å². The van der Waals surface area contributed by atoms with Crippen molar-refractivity contribution in [2.75, 3.05) is 16.8 Å². The number of aldehydes is 1. The van der Waals surface area contributed by atoms with Crippen molar-refractivity contribution in [1.82, 2.24) is 30.4 Å². The van der Waals surface area contributed by atoms with Crippen molar-refractivity contribution >= 4 is 17.9 Å². The van der Waals surface area contributed by atoms with E-state index in [9.17, 15) is 4.79 Å². The van der Waals surface area contributed by atoms with Gasteiger partial charge in [0.05, 0.1) is 17.6 Å². The fourth-order valence-electron chi connectivity index (χ4n) is 4.85. The standard InChI is InChI=1S/C24H22N8O/c33-14-22-23(19(5-7-25-22)21-12-27-31-30-21)32-8-6-20-17(13-32)11-26-24(29-20)28-18-9-15-3-1-2-4-16(15)10-18/h1-5,7,11-12,14,18H,6,8-10,13H2,(H,26,28,29)(H,27,30,31). The van der Waals surface area contributed by atoms with E-state index >= 15 is 0 Å². The van der Waals surface area contributed by atoms with Gasteiger partial charge in [-0.3, -0.25) is 9.78 Å². The van der Waals surface area contributed by atoms with Crippen LogP contribution in [0.25, 0.3) is 11.3 Å². The fraction of sp³-hybridized carbons (Fsp3) is 0.250. The molecule has 9 heteroatoms. The zero-order valence-corrected chi connectivity index (χ0v) is 17.9. The van der Waals surface area contributed by atoms with Gasteiger partial charge in [0.25, 0.3) is 0 Å². The summed E-state index contributed by atoms with van der Waals surface area (Å²) in [4.78, 5) is 27.6. The Balaban J connectivity index is 1.23. The predicted molar refractivity (Wildman–Crippen MR) is 123 cm³/mol. The summed E-state index contributed by atoms with van der Waals surface area (Å²) in [5.41, 5.74) is 7.53. The van der Waals surface area contributed by atoms with Crippen LogP contribution in [0.3, 0.4) is 0 Å². The summed E-state index contributed by atoms with van der Waals surface area (Å²) in [6, 6.07) is 10.7. The Morgan fingerprint density at radius 3 is 2.67 bits per heavy atom. The van der Waals surface area contributed by atoms with Crippen LogP contribution in [0.5, 0.6) is 0 Å². The minimum atomic E-state index is 0.316. The molecule has 2 aliphatic rings. The largest absolute Gasteiger partial charge is 0.364 e. The number of carbonyl (C=O) groups excluding carboxylic acids is 1. The summed E-state index contributed by atoms with van der Waals surface area (Å²) in [6.07, 6.45) is 8.69. The number of carbonyl (C=O) groups is 1. The molecule has 0 bridgehead atoms. The second-order valence-corrected chi connectivity index (χ2v) is 8.42. The molecule has 6 rings (SSSR count). The summed E-state index contributed by atoms with van der Waals surface area (Å²) >= 11 is 0. The Morgan fingerprint density at radius 1 is 1.06 bits per heavy atom. The van der Waals surface area contributed by atoms with E-state index in [0.29, 0.717) is 29.9 Å². The molecule has 0 spiro atoms. The maximum Gasteiger partial charge on any atom is 0.223 e. The van der Waals surface area contributed by atoms with E-state index in [1.807, 2.05) is 12.3 Å². The number of nitrogens with zero attached hydrogens (tertiary/aromatic N) is 6. The first-order chi connectivity index (χ1) is 16.3. The monoisotopic (exact) mass is 438 g/mol. The molecule has 0 saturated carbocycles. The third-order valence-electron chi connectivity index (χ3n) is 6.39. The zero-order valence-electron chi connectivity index (χ0n) is 17.9. The first kappa shape index (κ1) is 19.5. The van der Waals surface area contributed by atoms with Crippen LogP contribution in [-0.2, 0) is 25.8 Å². The van der Waals surface area contributed by atoms with Crippen LogP contribution >= 0.6 is 0 Å². The lowest BCUT2D eigenvalue weighted by molar-refractivity contribution is 0.111. The number of rotatable bonds is 5. The molecule has 0 fully saturated rings. The van der Waals surface area contributed by atoms with Crippen molar-refractivity contribution in [2.24, 2.45) is 0 Å². The normalized spacial score (nSPS) is 15.2. The van der Waals surface area contributed by atoms with Gasteiger partial charge in [0.15, 0.2) is 6.29 Å². The average Bonchev–Trinajstić information content (AvgIpc) is 3.53. The van der Waals surface area contributed by atoms with E-state index in [4.69, 9.17) is 4.98 Å². The maximum atomic E-state index is 11.8. The maximum absolute atomic E-state index is 11.8. The van der Waals surface area contributed by atoms with Gasteiger partial charge in [-0.1, -0.05) is 24.3 Å². The number of pyridine rings is 1. The van der Waals surface area contributed by atoms with Gasteiger partial charge in [0, 0.05) is 49.1 Å². The highest BCUT2D eigenvalue weighted by Gasteiger charge is 2.26. The minimum Gasteiger partial charge on any atom is -0.364 e. The number of aromatic amines is 1. The van der Waals surface area contributed by atoms with E-state index in [1.54, 1.807) is 12.4 Å². The van der Waals surface area contributed by atoms with E-state index in [0.717, 1.165) is 54.6 Å². The van der Waals surface area contributed by atoms with Crippen LogP contribution in [0.4, 0.5) is 11.6 Å². The Bertz CT molecular complexity index is 1300. The number of hydrogen-bond acceptors (Lipinski definition) is 8. The molecule has 33 heavy (non-hydrogen) atoms. The van der Waals surface area contributed by atoms with Crippen LogP contribution < -0.4 is 10.2 Å². The fourth-order valence-corrected chi connectivity index (χ4v) is 4.85. The molecule has 0 saturated heterocycles. The highest BCUT2D eigenvalue weighted by molar-refractivity contribution is 5.90. The average molecular weight is 438 g/mol. The van der Waals surface area contributed by atoms with E-state index in [1.165, 1.54) is 11.1 Å². The van der Waals surface area contributed by atoms with Crippen LogP contribution in [0.15, 0.2) is 48.9 Å². The van der Waals surface area contributed by atoms with E-state index < -0.39 is 0 Å². The lowest BCUT2D eigenvalue weighted by Crippen LogP contribution is -2.33. The van der Waals surface area contributed by atoms with Gasteiger partial charge >= 0.3 is 0 Å². The highest BCUT2D eigenvalue weighted by Crippen LogP contribution is 2.34. The third-order valence-corrected chi connectivity index (χ3v) is 6.39. The van der Waals surface area contributed by atoms with Gasteiger partial charge < -0.3 is 10.2 Å². The molecule has 0 amide bonds. The molecule has 4 heterocycles. The van der Waals surface area contributed by atoms with Crippen molar-refractivity contribution in [1.29, 1.82) is 0 Å². The number of H-pyrrole nitrogens is 1. The topological polar surface area (TPSA) is 113 Å². The van der Waals surface area contributed by atoms with Crippen molar-refractivity contribution in [3.8, 4) is 11.3 Å². The summed E-state index contributed by atoms with van der Waals surface area (Å²) in [5.74, 6) is 0.679. The molecule has 1 aliphatic heterocycles. The SMILES string of the molecule is O=Cc1nccc(-c2cn[nH]n2)c1N1CCc2nc(NC3Cc4ccccc4C3)ncc2C1. The van der Waals surface area contributed by atoms with Gasteiger partial charge in [-0.15, -0.1) is 0 Å². The van der Waals surface area contributed by atoms with Gasteiger partial charge in [-0.25, -0.2) is 9.97 Å². The van der Waals surface area contributed by atoms with Crippen molar-refractivity contribution < 1.29 is 4.79 Å². The van der Waals surface area contributed by atoms with Gasteiger partial charge in [-0.05, 0) is 30.0 Å². The Kier molecular flexibility index (Phi) is 4.79. The predicted octanol–water partition coefficient (Wildman–Crippen LogP) is 2.61. The smallest absolute Gasteiger partial charge is 0.223 e. The van der Waals surface area contributed by atoms with E-state index in [-0.39, 0.29) is 0 Å². The van der Waals surface area contributed by atoms with Gasteiger partial charge in [0.2, 0.25) is 5.95 Å². The minimum absolute atomic E-state index is 0.316. The van der Waals surface area contributed by atoms with Crippen molar-refractivity contribution in [3.05, 3.63) is 77.0 Å². The van der Waals surface area contributed by atoms with Crippen LogP contribution in [0, 0.1) is 0 Å². The molecule has 4 aromatic rings. The van der Waals surface area contributed by atoms with Gasteiger partial charge in [-0.2, -0.15) is 15.4 Å². The Hall–Kier alpha value is -4.14. The number of fused-ring (bicyclic) bond motifs is 2. The molecule has 3 aromatic heterocycles.